The first-order valence-electron chi connectivity index (χ1n) is 9.77. The highest BCUT2D eigenvalue weighted by Gasteiger charge is 2.19. The molecule has 11 heteroatoms. The maximum absolute atomic E-state index is 10.7. The SMILES string of the molecule is CC(NC=O)c1nc(-c2cnccn2)nn1-c1ccc(Cl)cn1.CSc1cc(C)cc(Cl)c1. The number of halogens is 2. The van der Waals surface area contributed by atoms with E-state index in [1.54, 1.807) is 54.1 Å². The lowest BCUT2D eigenvalue weighted by molar-refractivity contribution is -0.110. The van der Waals surface area contributed by atoms with E-state index in [0.29, 0.717) is 34.6 Å². The van der Waals surface area contributed by atoms with E-state index in [4.69, 9.17) is 23.2 Å². The number of hydrogen-bond donors (Lipinski definition) is 1. The molecule has 0 aliphatic rings. The van der Waals surface area contributed by atoms with Crippen LogP contribution in [0.25, 0.3) is 17.3 Å². The van der Waals surface area contributed by atoms with Crippen molar-refractivity contribution in [2.45, 2.75) is 24.8 Å². The van der Waals surface area contributed by atoms with Crippen LogP contribution in [0.4, 0.5) is 0 Å². The lowest BCUT2D eigenvalue weighted by Crippen LogP contribution is -2.20. The summed E-state index contributed by atoms with van der Waals surface area (Å²) in [4.78, 5) is 28.8. The molecule has 4 aromatic rings. The predicted octanol–water partition coefficient (Wildman–Crippen LogP) is 4.95. The summed E-state index contributed by atoms with van der Waals surface area (Å²) >= 11 is 13.4. The molecule has 0 saturated heterocycles. The summed E-state index contributed by atoms with van der Waals surface area (Å²) in [7, 11) is 0. The van der Waals surface area contributed by atoms with Crippen LogP contribution in [0.2, 0.25) is 10.0 Å². The van der Waals surface area contributed by atoms with Crippen LogP contribution in [0.3, 0.4) is 0 Å². The zero-order valence-corrected chi connectivity index (χ0v) is 20.4. The molecule has 3 heterocycles. The monoisotopic (exact) mass is 501 g/mol. The zero-order valence-electron chi connectivity index (χ0n) is 18.1. The Kier molecular flexibility index (Phi) is 8.76. The van der Waals surface area contributed by atoms with Crippen LogP contribution in [-0.2, 0) is 4.79 Å². The summed E-state index contributed by atoms with van der Waals surface area (Å²) in [6.07, 6.45) is 8.87. The Bertz CT molecular complexity index is 1180. The first-order chi connectivity index (χ1) is 15.9. The smallest absolute Gasteiger partial charge is 0.207 e. The van der Waals surface area contributed by atoms with Gasteiger partial charge in [0, 0.05) is 28.5 Å². The fourth-order valence-electron chi connectivity index (χ4n) is 2.79. The molecule has 1 N–H and O–H groups in total. The summed E-state index contributed by atoms with van der Waals surface area (Å²) in [6, 6.07) is 9.11. The van der Waals surface area contributed by atoms with E-state index in [1.165, 1.54) is 16.7 Å². The third-order valence-corrected chi connectivity index (χ3v) is 5.46. The van der Waals surface area contributed by atoms with Gasteiger partial charge in [0.05, 0.1) is 17.3 Å². The van der Waals surface area contributed by atoms with Crippen molar-refractivity contribution >= 4 is 41.4 Å². The minimum atomic E-state index is -0.358. The Hall–Kier alpha value is -3.01. The number of nitrogens with one attached hydrogen (secondary N) is 1. The number of pyridine rings is 1. The average Bonchev–Trinajstić information content (AvgIpc) is 3.26. The normalized spacial score (nSPS) is 11.3. The minimum Gasteiger partial charge on any atom is -0.349 e. The van der Waals surface area contributed by atoms with Crippen LogP contribution in [-0.4, -0.2) is 42.4 Å². The predicted molar refractivity (Wildman–Crippen MR) is 131 cm³/mol. The standard InChI is InChI=1S/C14H12ClN7O.C8H9ClS/c1-9(19-8-23)14-20-13(11-7-16-4-5-17-11)21-22(14)12-3-2-10(15)6-18-12;1-6-3-7(9)5-8(4-6)10-2/h2-9H,1H3,(H,19,23);3-5H,1-2H3. The average molecular weight is 502 g/mol. The highest BCUT2D eigenvalue weighted by Crippen LogP contribution is 2.22. The summed E-state index contributed by atoms with van der Waals surface area (Å²) in [5.41, 5.74) is 1.75. The van der Waals surface area contributed by atoms with Gasteiger partial charge in [-0.3, -0.25) is 9.78 Å². The highest BCUT2D eigenvalue weighted by atomic mass is 35.5. The Morgan fingerprint density at radius 2 is 1.91 bits per heavy atom. The van der Waals surface area contributed by atoms with Crippen molar-refractivity contribution < 1.29 is 4.79 Å². The van der Waals surface area contributed by atoms with Crippen LogP contribution in [0, 0.1) is 6.92 Å². The van der Waals surface area contributed by atoms with Crippen molar-refractivity contribution in [2.24, 2.45) is 0 Å². The molecule has 0 radical (unpaired) electrons. The molecule has 0 fully saturated rings. The summed E-state index contributed by atoms with van der Waals surface area (Å²) in [6.45, 7) is 3.84. The van der Waals surface area contributed by atoms with Gasteiger partial charge in [-0.05, 0) is 56.0 Å². The number of carbonyl (C=O) groups is 1. The number of rotatable bonds is 6. The van der Waals surface area contributed by atoms with Gasteiger partial charge in [0.1, 0.15) is 5.69 Å². The molecule has 0 aliphatic carbocycles. The minimum absolute atomic E-state index is 0.358. The lowest BCUT2D eigenvalue weighted by atomic mass is 10.2. The fraction of sp³-hybridized carbons (Fsp3) is 0.182. The number of nitrogens with zero attached hydrogens (tertiary/aromatic N) is 6. The van der Waals surface area contributed by atoms with Crippen LogP contribution >= 0.6 is 35.0 Å². The Morgan fingerprint density at radius 1 is 1.09 bits per heavy atom. The highest BCUT2D eigenvalue weighted by molar-refractivity contribution is 7.98. The maximum atomic E-state index is 10.7. The molecule has 0 aliphatic heterocycles. The van der Waals surface area contributed by atoms with Gasteiger partial charge in [-0.15, -0.1) is 16.9 Å². The number of amides is 1. The maximum Gasteiger partial charge on any atom is 0.207 e. The molecule has 0 saturated carbocycles. The molecule has 1 unspecified atom stereocenters. The third kappa shape index (κ3) is 6.74. The van der Waals surface area contributed by atoms with Crippen LogP contribution in [0.1, 0.15) is 24.4 Å². The number of carbonyl (C=O) groups excluding carboxylic acids is 1. The summed E-state index contributed by atoms with van der Waals surface area (Å²) in [5.74, 6) is 1.45. The molecule has 3 aromatic heterocycles. The van der Waals surface area contributed by atoms with Crippen molar-refractivity contribution in [1.82, 2.24) is 35.0 Å². The van der Waals surface area contributed by atoms with E-state index in [0.717, 1.165) is 5.02 Å². The quantitative estimate of drug-likeness (QED) is 0.294. The second kappa shape index (κ2) is 11.7. The fourth-order valence-corrected chi connectivity index (χ4v) is 3.80. The molecule has 4 rings (SSSR count). The lowest BCUT2D eigenvalue weighted by Gasteiger charge is -2.10. The molecular formula is C22H21Cl2N7OS. The van der Waals surface area contributed by atoms with Crippen LogP contribution in [0.5, 0.6) is 0 Å². The van der Waals surface area contributed by atoms with Crippen LogP contribution < -0.4 is 5.32 Å². The summed E-state index contributed by atoms with van der Waals surface area (Å²) in [5, 5.41) is 8.42. The number of aromatic nitrogens is 6. The van der Waals surface area contributed by atoms with Crippen molar-refractivity contribution in [3.63, 3.8) is 0 Å². The number of benzene rings is 1. The Morgan fingerprint density at radius 3 is 2.52 bits per heavy atom. The molecular weight excluding hydrogens is 481 g/mol. The largest absolute Gasteiger partial charge is 0.349 e. The molecule has 0 bridgehead atoms. The third-order valence-electron chi connectivity index (χ3n) is 4.31. The van der Waals surface area contributed by atoms with Gasteiger partial charge in [-0.1, -0.05) is 23.2 Å². The zero-order chi connectivity index (χ0) is 23.8. The van der Waals surface area contributed by atoms with Gasteiger partial charge in [-0.2, -0.15) is 4.68 Å². The Labute approximate surface area is 205 Å². The molecule has 170 valence electrons. The topological polar surface area (TPSA) is 98.5 Å². The second-order valence-corrected chi connectivity index (χ2v) is 8.56. The first-order valence-corrected chi connectivity index (χ1v) is 11.8. The number of thioether (sulfide) groups is 1. The van der Waals surface area contributed by atoms with Gasteiger partial charge in [0.25, 0.3) is 0 Å². The van der Waals surface area contributed by atoms with E-state index in [1.807, 2.05) is 25.3 Å². The molecule has 8 nitrogen and oxygen atoms in total. The molecule has 1 amide bonds. The van der Waals surface area contributed by atoms with Crippen molar-refractivity contribution in [3.05, 3.63) is 76.6 Å². The molecule has 0 spiro atoms. The van der Waals surface area contributed by atoms with E-state index in [2.05, 4.69) is 36.4 Å². The second-order valence-electron chi connectivity index (χ2n) is 6.81. The first kappa shape index (κ1) is 24.6. The van der Waals surface area contributed by atoms with Gasteiger partial charge < -0.3 is 5.32 Å². The van der Waals surface area contributed by atoms with Crippen molar-refractivity contribution in [3.8, 4) is 17.3 Å². The van der Waals surface area contributed by atoms with E-state index < -0.39 is 0 Å². The molecule has 1 aromatic carbocycles. The molecule has 1 atom stereocenters. The Balaban J connectivity index is 0.000000257. The summed E-state index contributed by atoms with van der Waals surface area (Å²) < 4.78 is 1.54. The van der Waals surface area contributed by atoms with Gasteiger partial charge >= 0.3 is 0 Å². The van der Waals surface area contributed by atoms with Crippen molar-refractivity contribution in [1.29, 1.82) is 0 Å². The van der Waals surface area contributed by atoms with Gasteiger partial charge in [-0.25, -0.2) is 15.0 Å². The number of hydrogen-bond acceptors (Lipinski definition) is 7. The number of aryl methyl sites for hydroxylation is 1. The van der Waals surface area contributed by atoms with E-state index in [9.17, 15) is 4.79 Å². The van der Waals surface area contributed by atoms with Crippen molar-refractivity contribution in [2.75, 3.05) is 6.26 Å². The van der Waals surface area contributed by atoms with Crippen LogP contribution in [0.15, 0.2) is 60.0 Å². The van der Waals surface area contributed by atoms with Gasteiger partial charge in [0.2, 0.25) is 12.2 Å². The van der Waals surface area contributed by atoms with Gasteiger partial charge in [0.15, 0.2) is 11.6 Å². The molecule has 33 heavy (non-hydrogen) atoms. The van der Waals surface area contributed by atoms with E-state index >= 15 is 0 Å². The van der Waals surface area contributed by atoms with E-state index in [-0.39, 0.29) is 6.04 Å².